The van der Waals surface area contributed by atoms with Crippen molar-refractivity contribution in [3.05, 3.63) is 35.7 Å². The molecule has 7 heteroatoms. The van der Waals surface area contributed by atoms with E-state index >= 15 is 0 Å². The van der Waals surface area contributed by atoms with Crippen molar-refractivity contribution < 1.29 is 13.9 Å². The lowest BCUT2D eigenvalue weighted by Crippen LogP contribution is -2.41. The summed E-state index contributed by atoms with van der Waals surface area (Å²) in [5, 5.41) is 11.0. The Kier molecular flexibility index (Phi) is 5.65. The normalized spacial score (nSPS) is 11.3. The first-order valence-corrected chi connectivity index (χ1v) is 8.26. The number of carbonyl (C=O) groups excluding carboxylic acids is 1. The third kappa shape index (κ3) is 6.32. The van der Waals surface area contributed by atoms with Gasteiger partial charge in [0.15, 0.2) is 6.61 Å². The topological polar surface area (TPSA) is 77.2 Å². The van der Waals surface area contributed by atoms with Crippen LogP contribution in [0.1, 0.15) is 32.2 Å². The Balaban J connectivity index is 1.80. The Bertz CT molecular complexity index is 665. The van der Waals surface area contributed by atoms with E-state index in [0.717, 1.165) is 11.3 Å². The molecule has 0 fully saturated rings. The van der Waals surface area contributed by atoms with Gasteiger partial charge in [-0.15, -0.1) is 10.2 Å². The number of carbonyl (C=O) groups is 1. The highest BCUT2D eigenvalue weighted by Crippen LogP contribution is 2.18. The lowest BCUT2D eigenvalue weighted by molar-refractivity contribution is -0.119. The zero-order valence-electron chi connectivity index (χ0n) is 13.8. The quantitative estimate of drug-likeness (QED) is 0.818. The molecule has 0 bridgehead atoms. The van der Waals surface area contributed by atoms with Gasteiger partial charge in [0.1, 0.15) is 5.75 Å². The average Bonchev–Trinajstić information content (AvgIpc) is 2.89. The number of hydrogen-bond donors (Lipinski definition) is 1. The van der Waals surface area contributed by atoms with E-state index in [9.17, 15) is 4.79 Å². The Morgan fingerprint density at radius 2 is 2.13 bits per heavy atom. The largest absolute Gasteiger partial charge is 0.484 e. The Morgan fingerprint density at radius 1 is 1.35 bits per heavy atom. The molecule has 124 valence electrons. The number of rotatable bonds is 6. The second-order valence-corrected chi connectivity index (χ2v) is 7.08. The molecule has 23 heavy (non-hydrogen) atoms. The Hall–Kier alpha value is -2.02. The molecule has 0 aliphatic heterocycles. The highest BCUT2D eigenvalue weighted by Gasteiger charge is 2.15. The lowest BCUT2D eigenvalue weighted by atomic mass is 10.1. The number of ether oxygens (including phenoxy) is 1. The second kappa shape index (κ2) is 7.50. The molecule has 0 unspecified atom stereocenters. The van der Waals surface area contributed by atoms with Gasteiger partial charge in [-0.2, -0.15) is 0 Å². The summed E-state index contributed by atoms with van der Waals surface area (Å²) in [6.07, 6.45) is 0. The van der Waals surface area contributed by atoms with Crippen LogP contribution in [0.3, 0.4) is 0 Å². The number of amides is 1. The number of aromatic nitrogens is 2. The fourth-order valence-electron chi connectivity index (χ4n) is 1.79. The van der Waals surface area contributed by atoms with Gasteiger partial charge in [0.2, 0.25) is 5.91 Å². The monoisotopic (exact) mass is 335 g/mol. The van der Waals surface area contributed by atoms with Crippen LogP contribution < -0.4 is 10.1 Å². The molecule has 1 heterocycles. The molecule has 1 N–H and O–H groups in total. The van der Waals surface area contributed by atoms with Crippen molar-refractivity contribution in [2.75, 3.05) is 5.75 Å². The second-order valence-electron chi connectivity index (χ2n) is 6.15. The van der Waals surface area contributed by atoms with Gasteiger partial charge in [0.05, 0.1) is 5.75 Å². The molecule has 0 atom stereocenters. The van der Waals surface area contributed by atoms with Gasteiger partial charge >= 0.3 is 0 Å². The summed E-state index contributed by atoms with van der Waals surface area (Å²) < 4.78 is 11.0. The molecular weight excluding hydrogens is 314 g/mol. The van der Waals surface area contributed by atoms with E-state index in [4.69, 9.17) is 9.15 Å². The first-order valence-electron chi connectivity index (χ1n) is 7.27. The standard InChI is InChI=1S/C16H21N3O3S/c1-11-6-5-7-12(8-11)21-9-14-18-19-15(22-14)23-10-13(20)17-16(2,3)4/h5-8H,9-10H2,1-4H3,(H,17,20). The minimum atomic E-state index is -0.251. The van der Waals surface area contributed by atoms with Crippen LogP contribution in [0.5, 0.6) is 5.75 Å². The molecule has 0 aliphatic carbocycles. The van der Waals surface area contributed by atoms with Crippen LogP contribution in [0, 0.1) is 6.92 Å². The van der Waals surface area contributed by atoms with E-state index in [1.807, 2.05) is 52.0 Å². The third-order valence-electron chi connectivity index (χ3n) is 2.64. The highest BCUT2D eigenvalue weighted by molar-refractivity contribution is 7.99. The smallest absolute Gasteiger partial charge is 0.277 e. The summed E-state index contributed by atoms with van der Waals surface area (Å²) in [5.74, 6) is 1.29. The van der Waals surface area contributed by atoms with E-state index in [1.165, 1.54) is 11.8 Å². The van der Waals surface area contributed by atoms with Crippen LogP contribution in [0.2, 0.25) is 0 Å². The number of benzene rings is 1. The number of nitrogens with one attached hydrogen (secondary N) is 1. The fourth-order valence-corrected chi connectivity index (χ4v) is 2.37. The maximum Gasteiger partial charge on any atom is 0.277 e. The molecule has 6 nitrogen and oxygen atoms in total. The van der Waals surface area contributed by atoms with Crippen LogP contribution in [-0.2, 0) is 11.4 Å². The lowest BCUT2D eigenvalue weighted by Gasteiger charge is -2.19. The van der Waals surface area contributed by atoms with Gasteiger partial charge in [-0.05, 0) is 45.4 Å². The van der Waals surface area contributed by atoms with E-state index in [-0.39, 0.29) is 23.8 Å². The third-order valence-corrected chi connectivity index (χ3v) is 3.46. The molecule has 0 saturated carbocycles. The molecular formula is C16H21N3O3S. The molecule has 2 rings (SSSR count). The van der Waals surface area contributed by atoms with Crippen LogP contribution >= 0.6 is 11.8 Å². The predicted octanol–water partition coefficient (Wildman–Crippen LogP) is 2.96. The first-order chi connectivity index (χ1) is 10.8. The maximum absolute atomic E-state index is 11.7. The molecule has 0 saturated heterocycles. The summed E-state index contributed by atoms with van der Waals surface area (Å²) in [6.45, 7) is 8.00. The molecule has 2 aromatic rings. The summed E-state index contributed by atoms with van der Waals surface area (Å²) in [7, 11) is 0. The Labute approximate surface area is 140 Å². The van der Waals surface area contributed by atoms with Crippen molar-refractivity contribution in [3.63, 3.8) is 0 Å². The Morgan fingerprint density at radius 3 is 2.83 bits per heavy atom. The SMILES string of the molecule is Cc1cccc(OCc2nnc(SCC(=O)NC(C)(C)C)o2)c1. The van der Waals surface area contributed by atoms with E-state index in [0.29, 0.717) is 11.1 Å². The van der Waals surface area contributed by atoms with Crippen LogP contribution in [0.25, 0.3) is 0 Å². The number of aryl methyl sites for hydroxylation is 1. The van der Waals surface area contributed by atoms with Gasteiger partial charge in [0.25, 0.3) is 11.1 Å². The van der Waals surface area contributed by atoms with Crippen LogP contribution in [0.15, 0.2) is 33.9 Å². The molecule has 1 aromatic carbocycles. The summed E-state index contributed by atoms with van der Waals surface area (Å²) in [6, 6.07) is 7.73. The van der Waals surface area contributed by atoms with Gasteiger partial charge in [-0.1, -0.05) is 23.9 Å². The number of hydrogen-bond acceptors (Lipinski definition) is 6. The minimum Gasteiger partial charge on any atom is -0.484 e. The van der Waals surface area contributed by atoms with Gasteiger partial charge < -0.3 is 14.5 Å². The molecule has 0 spiro atoms. The molecule has 0 radical (unpaired) electrons. The van der Waals surface area contributed by atoms with Crippen LogP contribution in [-0.4, -0.2) is 27.4 Å². The van der Waals surface area contributed by atoms with E-state index in [1.54, 1.807) is 0 Å². The maximum atomic E-state index is 11.7. The van der Waals surface area contributed by atoms with E-state index < -0.39 is 0 Å². The van der Waals surface area contributed by atoms with Gasteiger partial charge in [-0.25, -0.2) is 0 Å². The highest BCUT2D eigenvalue weighted by atomic mass is 32.2. The number of thioether (sulfide) groups is 1. The van der Waals surface area contributed by atoms with Crippen molar-refractivity contribution in [3.8, 4) is 5.75 Å². The van der Waals surface area contributed by atoms with Crippen molar-refractivity contribution in [2.24, 2.45) is 0 Å². The van der Waals surface area contributed by atoms with Crippen LogP contribution in [0.4, 0.5) is 0 Å². The summed E-state index contributed by atoms with van der Waals surface area (Å²) >= 11 is 1.21. The average molecular weight is 335 g/mol. The van der Waals surface area contributed by atoms with Crippen molar-refractivity contribution in [1.29, 1.82) is 0 Å². The van der Waals surface area contributed by atoms with Gasteiger partial charge in [0, 0.05) is 5.54 Å². The fraction of sp³-hybridized carbons (Fsp3) is 0.438. The first kappa shape index (κ1) is 17.3. The summed E-state index contributed by atoms with van der Waals surface area (Å²) in [5.41, 5.74) is 0.869. The van der Waals surface area contributed by atoms with E-state index in [2.05, 4.69) is 15.5 Å². The molecule has 0 aliphatic rings. The molecule has 1 amide bonds. The summed E-state index contributed by atoms with van der Waals surface area (Å²) in [4.78, 5) is 11.7. The zero-order valence-corrected chi connectivity index (χ0v) is 14.6. The van der Waals surface area contributed by atoms with Crippen molar-refractivity contribution >= 4 is 17.7 Å². The van der Waals surface area contributed by atoms with Crippen molar-refractivity contribution in [1.82, 2.24) is 15.5 Å². The minimum absolute atomic E-state index is 0.0711. The predicted molar refractivity (Wildman–Crippen MR) is 88.4 cm³/mol. The van der Waals surface area contributed by atoms with Gasteiger partial charge in [-0.3, -0.25) is 4.79 Å². The molecule has 1 aromatic heterocycles. The zero-order chi connectivity index (χ0) is 16.9. The van der Waals surface area contributed by atoms with Crippen molar-refractivity contribution in [2.45, 2.75) is 45.1 Å². The number of nitrogens with zero attached hydrogens (tertiary/aromatic N) is 2.